The van der Waals surface area contributed by atoms with E-state index in [0.717, 1.165) is 22.4 Å². The molecular formula is C17H16N4O2S. The van der Waals surface area contributed by atoms with E-state index in [1.807, 2.05) is 12.1 Å². The molecule has 0 fully saturated rings. The number of phenols is 1. The molecule has 3 N–H and O–H groups in total. The Labute approximate surface area is 142 Å². The van der Waals surface area contributed by atoms with Gasteiger partial charge < -0.3 is 15.7 Å². The zero-order valence-electron chi connectivity index (χ0n) is 13.0. The summed E-state index contributed by atoms with van der Waals surface area (Å²) in [6, 6.07) is 5.50. The molecule has 1 aliphatic carbocycles. The van der Waals surface area contributed by atoms with Crippen molar-refractivity contribution in [2.45, 2.75) is 18.9 Å². The van der Waals surface area contributed by atoms with E-state index in [1.54, 1.807) is 25.5 Å². The minimum atomic E-state index is -0.138. The monoisotopic (exact) mass is 340 g/mol. The van der Waals surface area contributed by atoms with Crippen molar-refractivity contribution in [3.05, 3.63) is 46.6 Å². The molecule has 7 heteroatoms. The summed E-state index contributed by atoms with van der Waals surface area (Å²) < 4.78 is 0. The van der Waals surface area contributed by atoms with Crippen LogP contribution < -0.4 is 10.6 Å². The number of fused-ring (bicyclic) bond motifs is 2. The Bertz CT molecular complexity index is 937. The van der Waals surface area contributed by atoms with Crippen LogP contribution >= 0.6 is 11.3 Å². The number of phenolic OH excluding ortho intramolecular Hbond substituents is 1. The molecule has 1 aromatic carbocycles. The molecule has 0 radical (unpaired) electrons. The maximum absolute atomic E-state index is 12.7. The third kappa shape index (κ3) is 2.37. The summed E-state index contributed by atoms with van der Waals surface area (Å²) in [6.07, 6.45) is 4.61. The molecule has 0 saturated heterocycles. The lowest BCUT2D eigenvalue weighted by molar-refractivity contribution is 0.0943. The highest BCUT2D eigenvalue weighted by Crippen LogP contribution is 2.34. The van der Waals surface area contributed by atoms with Crippen molar-refractivity contribution in [2.75, 3.05) is 12.4 Å². The average Bonchev–Trinajstić information content (AvgIpc) is 3.16. The normalized spacial score (nSPS) is 16.1. The van der Waals surface area contributed by atoms with Gasteiger partial charge in [0.25, 0.3) is 5.91 Å². The van der Waals surface area contributed by atoms with Crippen molar-refractivity contribution < 1.29 is 9.90 Å². The van der Waals surface area contributed by atoms with Crippen molar-refractivity contribution in [3.8, 4) is 5.75 Å². The van der Waals surface area contributed by atoms with Crippen LogP contribution in [0.4, 0.5) is 5.69 Å². The quantitative estimate of drug-likeness (QED) is 0.681. The Morgan fingerprint density at radius 1 is 1.29 bits per heavy atom. The van der Waals surface area contributed by atoms with Crippen molar-refractivity contribution >= 4 is 33.3 Å². The first-order valence-electron chi connectivity index (χ1n) is 7.69. The lowest BCUT2D eigenvalue weighted by atomic mass is 10.1. The molecule has 0 bridgehead atoms. The predicted octanol–water partition coefficient (Wildman–Crippen LogP) is 2.34. The minimum absolute atomic E-state index is 0.0170. The summed E-state index contributed by atoms with van der Waals surface area (Å²) in [5, 5.41) is 16.1. The second kappa shape index (κ2) is 5.76. The van der Waals surface area contributed by atoms with Gasteiger partial charge in [-0.2, -0.15) is 0 Å². The van der Waals surface area contributed by atoms with E-state index in [1.165, 1.54) is 11.3 Å². The fourth-order valence-electron chi connectivity index (χ4n) is 3.20. The van der Waals surface area contributed by atoms with E-state index in [0.29, 0.717) is 28.3 Å². The van der Waals surface area contributed by atoms with Gasteiger partial charge in [0, 0.05) is 25.5 Å². The van der Waals surface area contributed by atoms with Gasteiger partial charge in [-0.15, -0.1) is 11.3 Å². The van der Waals surface area contributed by atoms with Gasteiger partial charge in [-0.3, -0.25) is 4.79 Å². The van der Waals surface area contributed by atoms with Gasteiger partial charge in [0.2, 0.25) is 0 Å². The molecule has 24 heavy (non-hydrogen) atoms. The fraction of sp³-hybridized carbons (Fsp3) is 0.235. The van der Waals surface area contributed by atoms with Crippen molar-refractivity contribution in [2.24, 2.45) is 0 Å². The molecule has 0 saturated carbocycles. The van der Waals surface area contributed by atoms with Gasteiger partial charge in [-0.05, 0) is 30.0 Å². The van der Waals surface area contributed by atoms with Gasteiger partial charge in [0.15, 0.2) is 0 Å². The first-order valence-corrected chi connectivity index (χ1v) is 8.51. The predicted molar refractivity (Wildman–Crippen MR) is 93.7 cm³/mol. The number of aromatic nitrogens is 2. The summed E-state index contributed by atoms with van der Waals surface area (Å²) in [4.78, 5) is 22.6. The second-order valence-electron chi connectivity index (χ2n) is 5.76. The van der Waals surface area contributed by atoms with Crippen LogP contribution in [0.15, 0.2) is 30.6 Å². The maximum Gasteiger partial charge on any atom is 0.263 e. The van der Waals surface area contributed by atoms with Crippen LogP contribution in [-0.4, -0.2) is 34.1 Å². The summed E-state index contributed by atoms with van der Waals surface area (Å²) in [5.74, 6) is 0.164. The first kappa shape index (κ1) is 14.9. The Balaban J connectivity index is 1.59. The average molecular weight is 340 g/mol. The van der Waals surface area contributed by atoms with E-state index < -0.39 is 0 Å². The number of hydrogen-bond acceptors (Lipinski definition) is 6. The third-order valence-electron chi connectivity index (χ3n) is 4.28. The number of nitrogens with one attached hydrogen (secondary N) is 2. The largest absolute Gasteiger partial charge is 0.508 e. The molecule has 122 valence electrons. The van der Waals surface area contributed by atoms with Crippen molar-refractivity contribution in [1.82, 2.24) is 15.3 Å². The van der Waals surface area contributed by atoms with E-state index in [2.05, 4.69) is 20.6 Å². The van der Waals surface area contributed by atoms with Crippen molar-refractivity contribution in [1.29, 1.82) is 0 Å². The van der Waals surface area contributed by atoms with Gasteiger partial charge in [0.1, 0.15) is 21.0 Å². The molecule has 2 heterocycles. The van der Waals surface area contributed by atoms with Crippen LogP contribution in [-0.2, 0) is 12.8 Å². The number of nitrogens with zero attached hydrogens (tertiary/aromatic N) is 2. The Morgan fingerprint density at radius 2 is 2.12 bits per heavy atom. The molecule has 0 spiro atoms. The molecule has 1 unspecified atom stereocenters. The van der Waals surface area contributed by atoms with Gasteiger partial charge >= 0.3 is 0 Å². The topological polar surface area (TPSA) is 87.1 Å². The second-order valence-corrected chi connectivity index (χ2v) is 6.76. The molecule has 1 amide bonds. The van der Waals surface area contributed by atoms with Crippen LogP contribution in [0.5, 0.6) is 5.75 Å². The van der Waals surface area contributed by atoms with Crippen LogP contribution in [0.25, 0.3) is 10.3 Å². The number of aromatic hydroxyl groups is 1. The zero-order valence-corrected chi connectivity index (χ0v) is 13.9. The third-order valence-corrected chi connectivity index (χ3v) is 5.37. The number of rotatable bonds is 3. The highest BCUT2D eigenvalue weighted by Gasteiger charge is 2.27. The molecule has 1 aliphatic rings. The Morgan fingerprint density at radius 3 is 2.92 bits per heavy atom. The molecule has 4 rings (SSSR count). The van der Waals surface area contributed by atoms with Crippen LogP contribution in [0.1, 0.15) is 20.8 Å². The Kier molecular flexibility index (Phi) is 3.57. The van der Waals surface area contributed by atoms with Gasteiger partial charge in [-0.1, -0.05) is 12.1 Å². The van der Waals surface area contributed by atoms with Gasteiger partial charge in [0.05, 0.1) is 5.69 Å². The highest BCUT2D eigenvalue weighted by atomic mass is 32.1. The van der Waals surface area contributed by atoms with Crippen LogP contribution in [0.3, 0.4) is 0 Å². The zero-order chi connectivity index (χ0) is 16.7. The molecule has 2 aromatic heterocycles. The molecular weight excluding hydrogens is 324 g/mol. The number of amides is 1. The number of benzene rings is 1. The van der Waals surface area contributed by atoms with E-state index in [4.69, 9.17) is 0 Å². The Hall–Kier alpha value is -2.67. The standard InChI is InChI=1S/C17H16N4O2S/c1-18-13-14-17(20-6-5-19-14)24-15(13)16(23)21-10-7-9-3-2-4-12(22)11(9)8-10/h2-6,10,18,22H,7-8H2,1H3,(H,21,23). The maximum atomic E-state index is 12.7. The van der Waals surface area contributed by atoms with Crippen LogP contribution in [0, 0.1) is 0 Å². The summed E-state index contributed by atoms with van der Waals surface area (Å²) >= 11 is 1.33. The first-order chi connectivity index (χ1) is 11.7. The smallest absolute Gasteiger partial charge is 0.263 e. The lowest BCUT2D eigenvalue weighted by Crippen LogP contribution is -2.35. The SMILES string of the molecule is CNc1c(C(=O)NC2Cc3cccc(O)c3C2)sc2nccnc12. The summed E-state index contributed by atoms with van der Waals surface area (Å²) in [7, 11) is 1.77. The molecule has 3 aromatic rings. The molecule has 6 nitrogen and oxygen atoms in total. The summed E-state index contributed by atoms with van der Waals surface area (Å²) in [6.45, 7) is 0. The highest BCUT2D eigenvalue weighted by molar-refractivity contribution is 7.21. The summed E-state index contributed by atoms with van der Waals surface area (Å²) in [5.41, 5.74) is 3.44. The number of carbonyl (C=O) groups excluding carboxylic acids is 1. The number of carbonyl (C=O) groups is 1. The van der Waals surface area contributed by atoms with Crippen molar-refractivity contribution in [3.63, 3.8) is 0 Å². The van der Waals surface area contributed by atoms with E-state index >= 15 is 0 Å². The molecule has 0 aliphatic heterocycles. The fourth-order valence-corrected chi connectivity index (χ4v) is 4.21. The van der Waals surface area contributed by atoms with E-state index in [9.17, 15) is 9.90 Å². The number of thiophene rings is 1. The van der Waals surface area contributed by atoms with Crippen LogP contribution in [0.2, 0.25) is 0 Å². The molecule has 1 atom stereocenters. The number of hydrogen-bond donors (Lipinski definition) is 3. The number of anilines is 1. The lowest BCUT2D eigenvalue weighted by Gasteiger charge is -2.12. The minimum Gasteiger partial charge on any atom is -0.508 e. The van der Waals surface area contributed by atoms with E-state index in [-0.39, 0.29) is 11.9 Å². The van der Waals surface area contributed by atoms with Gasteiger partial charge in [-0.25, -0.2) is 9.97 Å².